The summed E-state index contributed by atoms with van der Waals surface area (Å²) in [5.74, 6) is -0.699. The van der Waals surface area contributed by atoms with Crippen molar-refractivity contribution in [3.8, 4) is 5.75 Å². The van der Waals surface area contributed by atoms with Gasteiger partial charge in [0.25, 0.3) is 0 Å². The Balaban J connectivity index is 2.12. The Morgan fingerprint density at radius 3 is 2.26 bits per heavy atom. The van der Waals surface area contributed by atoms with Crippen molar-refractivity contribution in [1.82, 2.24) is 0 Å². The van der Waals surface area contributed by atoms with E-state index in [4.69, 9.17) is 9.84 Å². The third-order valence-electron chi connectivity index (χ3n) is 3.52. The molecule has 4 heteroatoms. The van der Waals surface area contributed by atoms with Gasteiger partial charge in [0.05, 0.1) is 12.0 Å². The van der Waals surface area contributed by atoms with Gasteiger partial charge >= 0.3 is 5.97 Å². The Hall–Kier alpha value is -2.62. The number of carbonyl (C=O) groups excluding carboxylic acids is 1. The number of hydrogen-bond acceptors (Lipinski definition) is 3. The number of Topliss-reactive ketones (excluding diaryl/α,β-unsaturated/α-hetero) is 1. The summed E-state index contributed by atoms with van der Waals surface area (Å²) in [5, 5.41) is 8.72. The number of hydrogen-bond donors (Lipinski definition) is 1. The summed E-state index contributed by atoms with van der Waals surface area (Å²) in [7, 11) is 0. The molecule has 0 saturated heterocycles. The fraction of sp³-hybridized carbons (Fsp3) is 0.263. The standard InChI is InChI=1S/C19H20O4/c1-13-3-6-15(7-4-13)12-23-18-9-5-14(2)11-16(18)17(20)8-10-19(21)22/h3-7,9,11H,8,10,12H2,1-2H3,(H,21,22). The van der Waals surface area contributed by atoms with E-state index in [2.05, 4.69) is 0 Å². The number of aryl methyl sites for hydroxylation is 2. The van der Waals surface area contributed by atoms with Gasteiger partial charge in [-0.1, -0.05) is 41.5 Å². The third-order valence-corrected chi connectivity index (χ3v) is 3.52. The molecule has 0 bridgehead atoms. The molecule has 0 fully saturated rings. The van der Waals surface area contributed by atoms with Gasteiger partial charge in [0.2, 0.25) is 0 Å². The molecule has 0 saturated carbocycles. The van der Waals surface area contributed by atoms with Crippen LogP contribution in [0.4, 0.5) is 0 Å². The summed E-state index contributed by atoms with van der Waals surface area (Å²) in [6.45, 7) is 4.27. The fourth-order valence-electron chi connectivity index (χ4n) is 2.19. The van der Waals surface area contributed by atoms with Gasteiger partial charge in [0.15, 0.2) is 5.78 Å². The molecule has 0 aliphatic rings. The second-order valence-corrected chi connectivity index (χ2v) is 5.59. The van der Waals surface area contributed by atoms with Crippen LogP contribution in [-0.2, 0) is 11.4 Å². The normalized spacial score (nSPS) is 10.3. The maximum Gasteiger partial charge on any atom is 0.303 e. The quantitative estimate of drug-likeness (QED) is 0.787. The molecule has 0 amide bonds. The number of aliphatic carboxylic acids is 1. The molecule has 4 nitrogen and oxygen atoms in total. The van der Waals surface area contributed by atoms with E-state index in [1.165, 1.54) is 5.56 Å². The van der Waals surface area contributed by atoms with E-state index in [1.807, 2.05) is 44.2 Å². The fourth-order valence-corrected chi connectivity index (χ4v) is 2.19. The molecule has 0 aliphatic heterocycles. The van der Waals surface area contributed by atoms with Crippen LogP contribution in [-0.4, -0.2) is 16.9 Å². The molecule has 0 atom stereocenters. The van der Waals surface area contributed by atoms with Crippen LogP contribution in [0.25, 0.3) is 0 Å². The van der Waals surface area contributed by atoms with Crippen molar-refractivity contribution in [2.75, 3.05) is 0 Å². The molecule has 1 N–H and O–H groups in total. The largest absolute Gasteiger partial charge is 0.488 e. The highest BCUT2D eigenvalue weighted by atomic mass is 16.5. The number of carbonyl (C=O) groups is 2. The van der Waals surface area contributed by atoms with Crippen LogP contribution in [0.1, 0.15) is 39.9 Å². The van der Waals surface area contributed by atoms with Crippen LogP contribution >= 0.6 is 0 Å². The molecule has 0 aliphatic carbocycles. The molecule has 0 spiro atoms. The first kappa shape index (κ1) is 16.7. The molecule has 2 aromatic rings. The van der Waals surface area contributed by atoms with E-state index >= 15 is 0 Å². The first-order chi connectivity index (χ1) is 11.0. The lowest BCUT2D eigenvalue weighted by molar-refractivity contribution is -0.136. The van der Waals surface area contributed by atoms with Crippen LogP contribution < -0.4 is 4.74 Å². The monoisotopic (exact) mass is 312 g/mol. The zero-order valence-corrected chi connectivity index (χ0v) is 13.3. The minimum atomic E-state index is -0.979. The lowest BCUT2D eigenvalue weighted by Crippen LogP contribution is -2.07. The average Bonchev–Trinajstić information content (AvgIpc) is 2.53. The van der Waals surface area contributed by atoms with Crippen molar-refractivity contribution >= 4 is 11.8 Å². The summed E-state index contributed by atoms with van der Waals surface area (Å²) in [6, 6.07) is 13.4. The molecule has 0 radical (unpaired) electrons. The highest BCUT2D eigenvalue weighted by Gasteiger charge is 2.14. The van der Waals surface area contributed by atoms with Crippen molar-refractivity contribution in [2.24, 2.45) is 0 Å². The smallest absolute Gasteiger partial charge is 0.303 e. The second kappa shape index (κ2) is 7.58. The minimum absolute atomic E-state index is 0.0281. The van der Waals surface area contributed by atoms with Crippen molar-refractivity contribution in [3.63, 3.8) is 0 Å². The van der Waals surface area contributed by atoms with E-state index in [9.17, 15) is 9.59 Å². The summed E-state index contributed by atoms with van der Waals surface area (Å²) in [4.78, 5) is 22.9. The third kappa shape index (κ3) is 4.95. The van der Waals surface area contributed by atoms with Gasteiger partial charge in [-0.25, -0.2) is 0 Å². The summed E-state index contributed by atoms with van der Waals surface area (Å²) in [5.41, 5.74) is 3.57. The number of ether oxygens (including phenoxy) is 1. The Labute approximate surface area is 135 Å². The van der Waals surface area contributed by atoms with Crippen molar-refractivity contribution in [1.29, 1.82) is 0 Å². The Morgan fingerprint density at radius 2 is 1.61 bits per heavy atom. The highest BCUT2D eigenvalue weighted by molar-refractivity contribution is 6.00. The maximum atomic E-state index is 12.2. The first-order valence-corrected chi connectivity index (χ1v) is 7.49. The van der Waals surface area contributed by atoms with Crippen LogP contribution in [0.2, 0.25) is 0 Å². The SMILES string of the molecule is Cc1ccc(COc2ccc(C)cc2C(=O)CCC(=O)O)cc1. The van der Waals surface area contributed by atoms with Crippen molar-refractivity contribution in [2.45, 2.75) is 33.3 Å². The zero-order chi connectivity index (χ0) is 16.8. The number of carboxylic acids is 1. The summed E-state index contributed by atoms with van der Waals surface area (Å²) in [6.07, 6.45) is -0.205. The second-order valence-electron chi connectivity index (χ2n) is 5.59. The van der Waals surface area contributed by atoms with Crippen LogP contribution in [0.5, 0.6) is 5.75 Å². The molecule has 120 valence electrons. The molecule has 2 rings (SSSR count). The molecule has 0 unspecified atom stereocenters. The minimum Gasteiger partial charge on any atom is -0.488 e. The molecule has 0 heterocycles. The summed E-state index contributed by atoms with van der Waals surface area (Å²) >= 11 is 0. The first-order valence-electron chi connectivity index (χ1n) is 7.49. The number of benzene rings is 2. The topological polar surface area (TPSA) is 63.6 Å². The molecule has 0 aromatic heterocycles. The number of rotatable bonds is 7. The number of ketones is 1. The number of carboxylic acid groups (broad SMARTS) is 1. The molecular weight excluding hydrogens is 292 g/mol. The van der Waals surface area contributed by atoms with Gasteiger partial charge in [-0.2, -0.15) is 0 Å². The van der Waals surface area contributed by atoms with E-state index in [0.717, 1.165) is 11.1 Å². The van der Waals surface area contributed by atoms with Crippen molar-refractivity contribution < 1.29 is 19.4 Å². The lowest BCUT2D eigenvalue weighted by Gasteiger charge is -2.12. The van der Waals surface area contributed by atoms with Crippen LogP contribution in [0, 0.1) is 13.8 Å². The van der Waals surface area contributed by atoms with E-state index in [0.29, 0.717) is 17.9 Å². The van der Waals surface area contributed by atoms with Gasteiger partial charge in [0.1, 0.15) is 12.4 Å². The van der Waals surface area contributed by atoms with Crippen LogP contribution in [0.3, 0.4) is 0 Å². The summed E-state index contributed by atoms with van der Waals surface area (Å²) < 4.78 is 5.78. The van der Waals surface area contributed by atoms with Crippen molar-refractivity contribution in [3.05, 3.63) is 64.7 Å². The van der Waals surface area contributed by atoms with Gasteiger partial charge < -0.3 is 9.84 Å². The predicted molar refractivity (Wildman–Crippen MR) is 87.9 cm³/mol. The van der Waals surface area contributed by atoms with E-state index in [1.54, 1.807) is 12.1 Å². The van der Waals surface area contributed by atoms with Crippen LogP contribution in [0.15, 0.2) is 42.5 Å². The predicted octanol–water partition coefficient (Wildman–Crippen LogP) is 3.93. The van der Waals surface area contributed by atoms with Gasteiger partial charge in [0, 0.05) is 6.42 Å². The Kier molecular flexibility index (Phi) is 5.52. The van der Waals surface area contributed by atoms with E-state index < -0.39 is 5.97 Å². The Morgan fingerprint density at radius 1 is 0.957 bits per heavy atom. The molecule has 23 heavy (non-hydrogen) atoms. The van der Waals surface area contributed by atoms with E-state index in [-0.39, 0.29) is 18.6 Å². The average molecular weight is 312 g/mol. The van der Waals surface area contributed by atoms with Gasteiger partial charge in [-0.05, 0) is 31.5 Å². The van der Waals surface area contributed by atoms with Gasteiger partial charge in [-0.15, -0.1) is 0 Å². The van der Waals surface area contributed by atoms with Gasteiger partial charge in [-0.3, -0.25) is 9.59 Å². The highest BCUT2D eigenvalue weighted by Crippen LogP contribution is 2.23. The Bertz CT molecular complexity index is 702. The maximum absolute atomic E-state index is 12.2. The molecule has 2 aromatic carbocycles. The zero-order valence-electron chi connectivity index (χ0n) is 13.3. The lowest BCUT2D eigenvalue weighted by atomic mass is 10.0. The molecular formula is C19H20O4.